The van der Waals surface area contributed by atoms with Crippen molar-refractivity contribution in [3.8, 4) is 0 Å². The zero-order valence-corrected chi connectivity index (χ0v) is 13.5. The highest BCUT2D eigenvalue weighted by Gasteiger charge is 2.14. The Morgan fingerprint density at radius 3 is 2.57 bits per heavy atom. The van der Waals surface area contributed by atoms with E-state index in [4.69, 9.17) is 11.6 Å². The number of nitrogens with one attached hydrogen (secondary N) is 1. The van der Waals surface area contributed by atoms with Crippen LogP contribution in [0, 0.1) is 13.8 Å². The van der Waals surface area contributed by atoms with Gasteiger partial charge in [-0.2, -0.15) is 0 Å². The number of hydrogen-bond donors (Lipinski definition) is 1. The molecule has 2 rings (SSSR count). The smallest absolute Gasteiger partial charge is 0.255 e. The van der Waals surface area contributed by atoms with Gasteiger partial charge in [-0.05, 0) is 43.0 Å². The average molecular weight is 303 g/mol. The lowest BCUT2D eigenvalue weighted by Crippen LogP contribution is -2.15. The molecule has 0 aliphatic carbocycles. The lowest BCUT2D eigenvalue weighted by atomic mass is 9.98. The quantitative estimate of drug-likeness (QED) is 0.833. The van der Waals surface area contributed by atoms with Gasteiger partial charge in [0.05, 0.1) is 0 Å². The van der Waals surface area contributed by atoms with Crippen molar-refractivity contribution in [1.29, 1.82) is 0 Å². The van der Waals surface area contributed by atoms with Crippen LogP contribution in [0.4, 0.5) is 5.69 Å². The molecule has 1 aromatic carbocycles. The lowest BCUT2D eigenvalue weighted by molar-refractivity contribution is 0.102. The molecule has 2 aromatic rings. The maximum Gasteiger partial charge on any atom is 0.255 e. The van der Waals surface area contributed by atoms with Gasteiger partial charge in [0, 0.05) is 16.9 Å². The number of nitrogens with zero attached hydrogens (tertiary/aromatic N) is 1. The van der Waals surface area contributed by atoms with Crippen molar-refractivity contribution >= 4 is 23.2 Å². The van der Waals surface area contributed by atoms with Crippen molar-refractivity contribution in [2.24, 2.45) is 0 Å². The first-order valence-electron chi connectivity index (χ1n) is 6.93. The minimum absolute atomic E-state index is 0.168. The van der Waals surface area contributed by atoms with E-state index in [0.717, 1.165) is 22.5 Å². The van der Waals surface area contributed by atoms with Gasteiger partial charge in [0.25, 0.3) is 5.91 Å². The highest BCUT2D eigenvalue weighted by Crippen LogP contribution is 2.28. The van der Waals surface area contributed by atoms with Crippen LogP contribution in [0.15, 0.2) is 30.3 Å². The lowest BCUT2D eigenvalue weighted by Gasteiger charge is -2.16. The number of aromatic nitrogens is 1. The molecule has 0 radical (unpaired) electrons. The maximum absolute atomic E-state index is 12.4. The minimum atomic E-state index is -0.168. The first kappa shape index (κ1) is 15.5. The number of carbonyl (C=O) groups is 1. The third-order valence-corrected chi connectivity index (χ3v) is 3.54. The van der Waals surface area contributed by atoms with Crippen LogP contribution in [0.5, 0.6) is 0 Å². The third kappa shape index (κ3) is 3.61. The molecule has 21 heavy (non-hydrogen) atoms. The van der Waals surface area contributed by atoms with E-state index < -0.39 is 0 Å². The zero-order valence-electron chi connectivity index (χ0n) is 12.7. The number of benzene rings is 1. The topological polar surface area (TPSA) is 42.0 Å². The maximum atomic E-state index is 12.4. The molecule has 3 nitrogen and oxygen atoms in total. The van der Waals surface area contributed by atoms with Crippen LogP contribution in [-0.2, 0) is 0 Å². The molecule has 0 aliphatic rings. The minimum Gasteiger partial charge on any atom is -0.321 e. The van der Waals surface area contributed by atoms with E-state index in [1.807, 2.05) is 32.0 Å². The summed E-state index contributed by atoms with van der Waals surface area (Å²) in [6, 6.07) is 9.35. The van der Waals surface area contributed by atoms with Gasteiger partial charge in [0.1, 0.15) is 5.15 Å². The Labute approximate surface area is 130 Å². The number of pyridine rings is 1. The van der Waals surface area contributed by atoms with Crippen molar-refractivity contribution in [3.63, 3.8) is 0 Å². The summed E-state index contributed by atoms with van der Waals surface area (Å²) < 4.78 is 0. The van der Waals surface area contributed by atoms with Crippen molar-refractivity contribution in [2.75, 3.05) is 5.32 Å². The van der Waals surface area contributed by atoms with Gasteiger partial charge in [-0.3, -0.25) is 4.79 Å². The van der Waals surface area contributed by atoms with Gasteiger partial charge in [-0.25, -0.2) is 4.98 Å². The second kappa shape index (κ2) is 6.27. The van der Waals surface area contributed by atoms with Crippen LogP contribution in [0.2, 0.25) is 5.15 Å². The summed E-state index contributed by atoms with van der Waals surface area (Å²) in [5, 5.41) is 3.33. The summed E-state index contributed by atoms with van der Waals surface area (Å²) in [7, 11) is 0. The largest absolute Gasteiger partial charge is 0.321 e. The van der Waals surface area contributed by atoms with Crippen LogP contribution in [0.25, 0.3) is 0 Å². The van der Waals surface area contributed by atoms with Gasteiger partial charge in [0.2, 0.25) is 0 Å². The second-order valence-electron chi connectivity index (χ2n) is 5.47. The molecule has 0 spiro atoms. The van der Waals surface area contributed by atoms with E-state index in [0.29, 0.717) is 16.6 Å². The van der Waals surface area contributed by atoms with Crippen LogP contribution in [0.3, 0.4) is 0 Å². The summed E-state index contributed by atoms with van der Waals surface area (Å²) in [6.07, 6.45) is 0. The molecular weight excluding hydrogens is 284 g/mol. The van der Waals surface area contributed by atoms with E-state index >= 15 is 0 Å². The van der Waals surface area contributed by atoms with E-state index in [1.165, 1.54) is 0 Å². The summed E-state index contributed by atoms with van der Waals surface area (Å²) >= 11 is 5.92. The van der Waals surface area contributed by atoms with Crippen LogP contribution < -0.4 is 5.32 Å². The summed E-state index contributed by atoms with van der Waals surface area (Å²) in [5.74, 6) is 0.168. The molecule has 0 aliphatic heterocycles. The van der Waals surface area contributed by atoms with Crippen LogP contribution in [0.1, 0.15) is 46.9 Å². The van der Waals surface area contributed by atoms with Crippen molar-refractivity contribution in [3.05, 3.63) is 57.9 Å². The summed E-state index contributed by atoms with van der Waals surface area (Å²) in [5.41, 5.74) is 4.29. The molecule has 4 heteroatoms. The number of anilines is 1. The molecule has 0 bridgehead atoms. The molecular formula is C17H19ClN2O. The molecule has 110 valence electrons. The summed E-state index contributed by atoms with van der Waals surface area (Å²) in [6.45, 7) is 8.03. The highest BCUT2D eigenvalue weighted by molar-refractivity contribution is 6.29. The standard InChI is InChI=1S/C17H19ClN2O/c1-10(2)14-7-5-6-11(3)16(14)20-17(21)13-8-12(4)19-15(18)9-13/h5-10H,1-4H3,(H,20,21). The van der Waals surface area contributed by atoms with Crippen molar-refractivity contribution < 1.29 is 4.79 Å². The van der Waals surface area contributed by atoms with Gasteiger partial charge < -0.3 is 5.32 Å². The molecule has 0 saturated heterocycles. The van der Waals surface area contributed by atoms with Gasteiger partial charge in [0.15, 0.2) is 0 Å². The van der Waals surface area contributed by atoms with Crippen LogP contribution >= 0.6 is 11.6 Å². The fourth-order valence-electron chi connectivity index (χ4n) is 2.29. The third-order valence-electron chi connectivity index (χ3n) is 3.35. The second-order valence-corrected chi connectivity index (χ2v) is 5.86. The fraction of sp³-hybridized carbons (Fsp3) is 0.294. The van der Waals surface area contributed by atoms with Crippen molar-refractivity contribution in [1.82, 2.24) is 4.98 Å². The predicted octanol–water partition coefficient (Wildman–Crippen LogP) is 4.73. The number of rotatable bonds is 3. The molecule has 0 saturated carbocycles. The number of hydrogen-bond acceptors (Lipinski definition) is 2. The number of carbonyl (C=O) groups excluding carboxylic acids is 1. The van der Waals surface area contributed by atoms with Crippen LogP contribution in [-0.4, -0.2) is 10.9 Å². The molecule has 0 atom stereocenters. The molecule has 1 amide bonds. The number of para-hydroxylation sites is 1. The number of halogens is 1. The molecule has 0 unspecified atom stereocenters. The Balaban J connectivity index is 2.36. The highest BCUT2D eigenvalue weighted by atomic mass is 35.5. The first-order chi connectivity index (χ1) is 9.88. The SMILES string of the molecule is Cc1cc(C(=O)Nc2c(C)cccc2C(C)C)cc(Cl)n1. The molecule has 1 N–H and O–H groups in total. The zero-order chi connectivity index (χ0) is 15.6. The molecule has 0 fully saturated rings. The van der Waals surface area contributed by atoms with E-state index in [2.05, 4.69) is 24.1 Å². The Hall–Kier alpha value is -1.87. The van der Waals surface area contributed by atoms with E-state index in [-0.39, 0.29) is 5.91 Å². The summed E-state index contributed by atoms with van der Waals surface area (Å²) in [4.78, 5) is 16.5. The monoisotopic (exact) mass is 302 g/mol. The van der Waals surface area contributed by atoms with E-state index in [9.17, 15) is 4.79 Å². The van der Waals surface area contributed by atoms with Gasteiger partial charge in [-0.1, -0.05) is 43.6 Å². The average Bonchev–Trinajstić information content (AvgIpc) is 2.39. The van der Waals surface area contributed by atoms with Gasteiger partial charge in [-0.15, -0.1) is 0 Å². The number of amides is 1. The van der Waals surface area contributed by atoms with Gasteiger partial charge >= 0.3 is 0 Å². The predicted molar refractivity (Wildman–Crippen MR) is 87.2 cm³/mol. The Morgan fingerprint density at radius 2 is 1.95 bits per heavy atom. The van der Waals surface area contributed by atoms with Crippen molar-refractivity contribution in [2.45, 2.75) is 33.6 Å². The number of aryl methyl sites for hydroxylation is 2. The Morgan fingerprint density at radius 1 is 1.24 bits per heavy atom. The molecule has 1 aromatic heterocycles. The van der Waals surface area contributed by atoms with E-state index in [1.54, 1.807) is 12.1 Å². The fourth-order valence-corrected chi connectivity index (χ4v) is 2.54. The molecule has 1 heterocycles. The Kier molecular flexibility index (Phi) is 4.63. The Bertz CT molecular complexity index is 660. The normalized spacial score (nSPS) is 10.8. The first-order valence-corrected chi connectivity index (χ1v) is 7.31.